The van der Waals surface area contributed by atoms with Gasteiger partial charge in [-0.2, -0.15) is 0 Å². The Morgan fingerprint density at radius 2 is 1.75 bits per heavy atom. The van der Waals surface area contributed by atoms with Crippen molar-refractivity contribution in [2.24, 2.45) is 11.8 Å². The highest BCUT2D eigenvalue weighted by Crippen LogP contribution is 2.32. The van der Waals surface area contributed by atoms with Gasteiger partial charge in [-0.15, -0.1) is 0 Å². The van der Waals surface area contributed by atoms with Crippen LogP contribution in [0.3, 0.4) is 0 Å². The van der Waals surface area contributed by atoms with E-state index in [1.807, 2.05) is 4.90 Å². The first-order valence-corrected chi connectivity index (χ1v) is 7.41. The van der Waals surface area contributed by atoms with Gasteiger partial charge >= 0.3 is 0 Å². The summed E-state index contributed by atoms with van der Waals surface area (Å²) in [6.07, 6.45) is 6.68. The highest BCUT2D eigenvalue weighted by Gasteiger charge is 2.34. The highest BCUT2D eigenvalue weighted by molar-refractivity contribution is 6.30. The lowest BCUT2D eigenvalue weighted by molar-refractivity contribution is -0.132. The van der Waals surface area contributed by atoms with E-state index in [9.17, 15) is 4.79 Å². The van der Waals surface area contributed by atoms with E-state index in [1.165, 1.54) is 0 Å². The van der Waals surface area contributed by atoms with Gasteiger partial charge in [0.15, 0.2) is 6.61 Å². The second-order valence-electron chi connectivity index (χ2n) is 5.50. The standard InChI is InChI=1S/C16H18ClNO2/c17-14-5-7-15(8-6-14)20-11-16(19)18-9-12-3-1-2-4-13(12)10-18/h1-2,5-8,12-13H,3-4,9-11H2. The van der Waals surface area contributed by atoms with Crippen LogP contribution < -0.4 is 4.74 Å². The van der Waals surface area contributed by atoms with Gasteiger partial charge in [0, 0.05) is 18.1 Å². The summed E-state index contributed by atoms with van der Waals surface area (Å²) in [6, 6.07) is 7.08. The zero-order valence-electron chi connectivity index (χ0n) is 11.3. The van der Waals surface area contributed by atoms with Gasteiger partial charge < -0.3 is 9.64 Å². The Bertz CT molecular complexity index is 496. The van der Waals surface area contributed by atoms with Crippen LogP contribution in [0.5, 0.6) is 5.75 Å². The maximum atomic E-state index is 12.2. The Morgan fingerprint density at radius 1 is 1.15 bits per heavy atom. The van der Waals surface area contributed by atoms with Crippen molar-refractivity contribution in [3.63, 3.8) is 0 Å². The van der Waals surface area contributed by atoms with Crippen molar-refractivity contribution < 1.29 is 9.53 Å². The summed E-state index contributed by atoms with van der Waals surface area (Å²) in [7, 11) is 0. The van der Waals surface area contributed by atoms with Gasteiger partial charge in [-0.25, -0.2) is 0 Å². The number of halogens is 1. The van der Waals surface area contributed by atoms with E-state index in [-0.39, 0.29) is 12.5 Å². The van der Waals surface area contributed by atoms with Crippen molar-refractivity contribution in [2.75, 3.05) is 19.7 Å². The number of allylic oxidation sites excluding steroid dienone is 2. The van der Waals surface area contributed by atoms with Crippen LogP contribution in [0, 0.1) is 11.8 Å². The topological polar surface area (TPSA) is 29.5 Å². The number of hydrogen-bond donors (Lipinski definition) is 0. The minimum absolute atomic E-state index is 0.0781. The minimum Gasteiger partial charge on any atom is -0.484 e. The van der Waals surface area contributed by atoms with Gasteiger partial charge in [0.1, 0.15) is 5.75 Å². The quantitative estimate of drug-likeness (QED) is 0.801. The van der Waals surface area contributed by atoms with Gasteiger partial charge in [-0.05, 0) is 48.9 Å². The molecule has 2 unspecified atom stereocenters. The monoisotopic (exact) mass is 291 g/mol. The summed E-state index contributed by atoms with van der Waals surface area (Å²) in [5.74, 6) is 2.04. The van der Waals surface area contributed by atoms with Crippen molar-refractivity contribution >= 4 is 17.5 Å². The zero-order valence-corrected chi connectivity index (χ0v) is 12.1. The predicted molar refractivity (Wildman–Crippen MR) is 78.9 cm³/mol. The number of rotatable bonds is 3. The number of carbonyl (C=O) groups is 1. The number of carbonyl (C=O) groups excluding carboxylic acids is 1. The molecule has 0 radical (unpaired) electrons. The Kier molecular flexibility index (Phi) is 3.97. The van der Waals surface area contributed by atoms with E-state index < -0.39 is 0 Å². The Balaban J connectivity index is 1.51. The van der Waals surface area contributed by atoms with E-state index in [2.05, 4.69) is 12.2 Å². The summed E-state index contributed by atoms with van der Waals surface area (Å²) in [6.45, 7) is 1.85. The first-order chi connectivity index (χ1) is 9.72. The van der Waals surface area contributed by atoms with E-state index in [4.69, 9.17) is 16.3 Å². The Labute approximate surface area is 124 Å². The Morgan fingerprint density at radius 3 is 2.35 bits per heavy atom. The molecular weight excluding hydrogens is 274 g/mol. The molecule has 3 nitrogen and oxygen atoms in total. The number of benzene rings is 1. The number of ether oxygens (including phenoxy) is 1. The molecule has 1 aliphatic carbocycles. The number of fused-ring (bicyclic) bond motifs is 1. The van der Waals surface area contributed by atoms with Crippen molar-refractivity contribution in [3.05, 3.63) is 41.4 Å². The second-order valence-corrected chi connectivity index (χ2v) is 5.94. The molecule has 1 heterocycles. The number of amides is 1. The predicted octanol–water partition coefficient (Wildman–Crippen LogP) is 3.14. The van der Waals surface area contributed by atoms with Gasteiger partial charge in [0.2, 0.25) is 0 Å². The fourth-order valence-corrected chi connectivity index (χ4v) is 3.11. The largest absolute Gasteiger partial charge is 0.484 e. The van der Waals surface area contributed by atoms with E-state index in [1.54, 1.807) is 24.3 Å². The highest BCUT2D eigenvalue weighted by atomic mass is 35.5. The molecule has 2 aliphatic rings. The van der Waals surface area contributed by atoms with Crippen LogP contribution in [0.25, 0.3) is 0 Å². The summed E-state index contributed by atoms with van der Waals surface area (Å²) in [4.78, 5) is 14.1. The lowest BCUT2D eigenvalue weighted by Gasteiger charge is -2.17. The average Bonchev–Trinajstić information content (AvgIpc) is 2.90. The first-order valence-electron chi connectivity index (χ1n) is 7.03. The van der Waals surface area contributed by atoms with Crippen molar-refractivity contribution in [2.45, 2.75) is 12.8 Å². The molecular formula is C16H18ClNO2. The molecule has 1 aromatic rings. The zero-order chi connectivity index (χ0) is 13.9. The SMILES string of the molecule is O=C(COc1ccc(Cl)cc1)N1CC2CC=CCC2C1. The molecule has 0 N–H and O–H groups in total. The fourth-order valence-electron chi connectivity index (χ4n) is 2.99. The molecule has 0 aromatic heterocycles. The van der Waals surface area contributed by atoms with Crippen LogP contribution in [-0.2, 0) is 4.79 Å². The van der Waals surface area contributed by atoms with Crippen molar-refractivity contribution in [1.29, 1.82) is 0 Å². The van der Waals surface area contributed by atoms with Crippen LogP contribution in [0.1, 0.15) is 12.8 Å². The van der Waals surface area contributed by atoms with Gasteiger partial charge in [0.05, 0.1) is 0 Å². The molecule has 1 amide bonds. The molecule has 3 rings (SSSR count). The second kappa shape index (κ2) is 5.88. The molecule has 0 bridgehead atoms. The molecule has 0 spiro atoms. The average molecular weight is 292 g/mol. The maximum absolute atomic E-state index is 12.2. The van der Waals surface area contributed by atoms with Gasteiger partial charge in [-0.1, -0.05) is 23.8 Å². The van der Waals surface area contributed by atoms with Crippen LogP contribution in [0.2, 0.25) is 5.02 Å². The molecule has 1 aliphatic heterocycles. The van der Waals surface area contributed by atoms with Crippen LogP contribution in [0.15, 0.2) is 36.4 Å². The molecule has 4 heteroatoms. The summed E-state index contributed by atoms with van der Waals surface area (Å²) in [5.41, 5.74) is 0. The number of hydrogen-bond acceptors (Lipinski definition) is 2. The fraction of sp³-hybridized carbons (Fsp3) is 0.438. The third kappa shape index (κ3) is 2.98. The normalized spacial score (nSPS) is 24.6. The molecule has 106 valence electrons. The number of likely N-dealkylation sites (tertiary alicyclic amines) is 1. The molecule has 20 heavy (non-hydrogen) atoms. The maximum Gasteiger partial charge on any atom is 0.260 e. The molecule has 2 atom stereocenters. The number of nitrogens with zero attached hydrogens (tertiary/aromatic N) is 1. The van der Waals surface area contributed by atoms with Crippen LogP contribution in [0.4, 0.5) is 0 Å². The van der Waals surface area contributed by atoms with Crippen molar-refractivity contribution in [3.8, 4) is 5.75 Å². The third-order valence-electron chi connectivity index (χ3n) is 4.15. The van der Waals surface area contributed by atoms with Crippen molar-refractivity contribution in [1.82, 2.24) is 4.90 Å². The summed E-state index contributed by atoms with van der Waals surface area (Å²) < 4.78 is 5.52. The minimum atomic E-state index is 0.0781. The van der Waals surface area contributed by atoms with Crippen LogP contribution in [-0.4, -0.2) is 30.5 Å². The van der Waals surface area contributed by atoms with E-state index in [0.717, 1.165) is 25.9 Å². The van der Waals surface area contributed by atoms with Gasteiger partial charge in [-0.3, -0.25) is 4.79 Å². The van der Waals surface area contributed by atoms with E-state index >= 15 is 0 Å². The molecule has 1 aromatic carbocycles. The smallest absolute Gasteiger partial charge is 0.260 e. The Hall–Kier alpha value is -1.48. The summed E-state index contributed by atoms with van der Waals surface area (Å²) >= 11 is 5.81. The molecule has 1 saturated heterocycles. The van der Waals surface area contributed by atoms with E-state index in [0.29, 0.717) is 22.6 Å². The lowest BCUT2D eigenvalue weighted by atomic mass is 9.86. The first kappa shape index (κ1) is 13.5. The lowest BCUT2D eigenvalue weighted by Crippen LogP contribution is -2.33. The van der Waals surface area contributed by atoms with Gasteiger partial charge in [0.25, 0.3) is 5.91 Å². The molecule has 1 fully saturated rings. The summed E-state index contributed by atoms with van der Waals surface area (Å²) in [5, 5.41) is 0.666. The van der Waals surface area contributed by atoms with Crippen LogP contribution >= 0.6 is 11.6 Å². The molecule has 0 saturated carbocycles. The third-order valence-corrected chi connectivity index (χ3v) is 4.40.